The van der Waals surface area contributed by atoms with E-state index in [0.29, 0.717) is 18.8 Å². The van der Waals surface area contributed by atoms with Gasteiger partial charge in [-0.25, -0.2) is 0 Å². The third-order valence-electron chi connectivity index (χ3n) is 4.86. The van der Waals surface area contributed by atoms with E-state index in [1.54, 1.807) is 0 Å². The Labute approximate surface area is 157 Å². The van der Waals surface area contributed by atoms with Crippen molar-refractivity contribution in [1.82, 2.24) is 10.3 Å². The summed E-state index contributed by atoms with van der Waals surface area (Å²) in [6.07, 6.45) is 0. The van der Waals surface area contributed by atoms with Crippen LogP contribution < -0.4 is 15.5 Å². The summed E-state index contributed by atoms with van der Waals surface area (Å²) in [4.78, 5) is 29.3. The summed E-state index contributed by atoms with van der Waals surface area (Å²) in [5.74, 6) is -0.142. The van der Waals surface area contributed by atoms with Gasteiger partial charge < -0.3 is 20.5 Å². The van der Waals surface area contributed by atoms with Crippen LogP contribution in [0.4, 0.5) is 11.4 Å². The molecule has 6 nitrogen and oxygen atoms in total. The van der Waals surface area contributed by atoms with Gasteiger partial charge in [0.2, 0.25) is 5.91 Å². The Balaban J connectivity index is 1.49. The molecule has 4 rings (SSSR count). The summed E-state index contributed by atoms with van der Waals surface area (Å²) in [5, 5.41) is 6.80. The summed E-state index contributed by atoms with van der Waals surface area (Å²) in [7, 11) is 0. The maximum Gasteiger partial charge on any atom is 0.272 e. The summed E-state index contributed by atoms with van der Waals surface area (Å²) in [6, 6.07) is 13.6. The maximum atomic E-state index is 12.6. The van der Waals surface area contributed by atoms with Crippen molar-refractivity contribution in [1.29, 1.82) is 0 Å². The molecule has 0 bridgehead atoms. The largest absolute Gasteiger partial charge is 0.360 e. The molecule has 3 aromatic rings. The molecule has 6 heteroatoms. The molecule has 3 N–H and O–H groups in total. The lowest BCUT2D eigenvalue weighted by atomic mass is 10.1. The number of aryl methyl sites for hydroxylation is 2. The van der Waals surface area contributed by atoms with Crippen LogP contribution in [0.1, 0.15) is 21.6 Å². The number of H-pyrrole nitrogens is 1. The lowest BCUT2D eigenvalue weighted by molar-refractivity contribution is -0.120. The minimum atomic E-state index is -0.173. The fraction of sp³-hybridized carbons (Fsp3) is 0.238. The zero-order chi connectivity index (χ0) is 19.0. The SMILES string of the molecule is Cc1cc(C)c2cc(C(=O)Nc3ccc(N4CCNC(=O)C4)cc3)[nH]c2c1. The van der Waals surface area contributed by atoms with Crippen LogP contribution in [0.3, 0.4) is 0 Å². The van der Waals surface area contributed by atoms with Crippen molar-refractivity contribution in [2.45, 2.75) is 13.8 Å². The molecule has 0 spiro atoms. The lowest BCUT2D eigenvalue weighted by Crippen LogP contribution is -2.47. The number of nitrogens with zero attached hydrogens (tertiary/aromatic N) is 1. The first-order valence-corrected chi connectivity index (χ1v) is 9.02. The molecule has 1 aliphatic heterocycles. The second-order valence-corrected chi connectivity index (χ2v) is 7.00. The van der Waals surface area contributed by atoms with Crippen LogP contribution in [0.15, 0.2) is 42.5 Å². The number of hydrogen-bond donors (Lipinski definition) is 3. The Morgan fingerprint density at radius 2 is 1.89 bits per heavy atom. The molecule has 0 saturated carbocycles. The number of nitrogens with one attached hydrogen (secondary N) is 3. The number of rotatable bonds is 3. The third kappa shape index (κ3) is 3.51. The quantitative estimate of drug-likeness (QED) is 0.670. The fourth-order valence-electron chi connectivity index (χ4n) is 3.53. The molecule has 0 aliphatic carbocycles. The zero-order valence-corrected chi connectivity index (χ0v) is 15.4. The highest BCUT2D eigenvalue weighted by Gasteiger charge is 2.16. The van der Waals surface area contributed by atoms with Crippen molar-refractivity contribution in [3.05, 3.63) is 59.3 Å². The van der Waals surface area contributed by atoms with Gasteiger partial charge in [-0.1, -0.05) is 6.07 Å². The van der Waals surface area contributed by atoms with Crippen LogP contribution in [0.5, 0.6) is 0 Å². The van der Waals surface area contributed by atoms with Gasteiger partial charge in [0.15, 0.2) is 0 Å². The zero-order valence-electron chi connectivity index (χ0n) is 15.4. The molecular formula is C21H22N4O2. The molecule has 2 amide bonds. The number of carbonyl (C=O) groups excluding carboxylic acids is 2. The predicted molar refractivity (Wildman–Crippen MR) is 107 cm³/mol. The molecule has 1 aliphatic rings. The van der Waals surface area contributed by atoms with Crippen LogP contribution in [-0.4, -0.2) is 36.4 Å². The normalized spacial score (nSPS) is 14.3. The Kier molecular flexibility index (Phi) is 4.32. The molecule has 0 radical (unpaired) electrons. The van der Waals surface area contributed by atoms with Crippen LogP contribution in [0, 0.1) is 13.8 Å². The minimum absolute atomic E-state index is 0.0305. The monoisotopic (exact) mass is 362 g/mol. The molecule has 0 unspecified atom stereocenters. The maximum absolute atomic E-state index is 12.6. The summed E-state index contributed by atoms with van der Waals surface area (Å²) < 4.78 is 0. The first-order valence-electron chi connectivity index (χ1n) is 9.02. The van der Waals surface area contributed by atoms with Gasteiger partial charge >= 0.3 is 0 Å². The Morgan fingerprint density at radius 1 is 1.11 bits per heavy atom. The van der Waals surface area contributed by atoms with E-state index in [9.17, 15) is 9.59 Å². The standard InChI is InChI=1S/C21H22N4O2/c1-13-9-14(2)17-11-19(24-18(17)10-13)21(27)23-15-3-5-16(6-4-15)25-8-7-22-20(26)12-25/h3-6,9-11,24H,7-8,12H2,1-2H3,(H,22,26)(H,23,27). The van der Waals surface area contributed by atoms with E-state index in [1.165, 1.54) is 0 Å². The van der Waals surface area contributed by atoms with Gasteiger partial charge in [0.1, 0.15) is 5.69 Å². The van der Waals surface area contributed by atoms with E-state index in [-0.39, 0.29) is 11.8 Å². The highest BCUT2D eigenvalue weighted by atomic mass is 16.2. The van der Waals surface area contributed by atoms with Crippen molar-refractivity contribution in [3.8, 4) is 0 Å². The third-order valence-corrected chi connectivity index (χ3v) is 4.86. The minimum Gasteiger partial charge on any atom is -0.360 e. The molecule has 27 heavy (non-hydrogen) atoms. The van der Waals surface area contributed by atoms with E-state index in [4.69, 9.17) is 0 Å². The van der Waals surface area contributed by atoms with E-state index < -0.39 is 0 Å². The van der Waals surface area contributed by atoms with Crippen LogP contribution >= 0.6 is 0 Å². The van der Waals surface area contributed by atoms with Crippen molar-refractivity contribution in [3.63, 3.8) is 0 Å². The summed E-state index contributed by atoms with van der Waals surface area (Å²) >= 11 is 0. The number of aromatic nitrogens is 1. The van der Waals surface area contributed by atoms with Crippen LogP contribution in [0.25, 0.3) is 10.9 Å². The number of fused-ring (bicyclic) bond motifs is 1. The molecule has 1 fully saturated rings. The Bertz CT molecular complexity index is 1020. The molecule has 2 aromatic carbocycles. The summed E-state index contributed by atoms with van der Waals surface area (Å²) in [6.45, 7) is 5.88. The molecule has 0 atom stereocenters. The van der Waals surface area contributed by atoms with Crippen molar-refractivity contribution in [2.75, 3.05) is 29.9 Å². The highest BCUT2D eigenvalue weighted by molar-refractivity contribution is 6.06. The molecule has 1 saturated heterocycles. The van der Waals surface area contributed by atoms with Crippen molar-refractivity contribution >= 4 is 34.1 Å². The number of aromatic amines is 1. The molecule has 2 heterocycles. The van der Waals surface area contributed by atoms with E-state index in [1.807, 2.05) is 55.1 Å². The van der Waals surface area contributed by atoms with Gasteiger partial charge in [-0.05, 0) is 61.4 Å². The number of carbonyl (C=O) groups is 2. The van der Waals surface area contributed by atoms with Gasteiger partial charge in [0.25, 0.3) is 5.91 Å². The van der Waals surface area contributed by atoms with Crippen molar-refractivity contribution in [2.24, 2.45) is 0 Å². The van der Waals surface area contributed by atoms with Crippen LogP contribution in [-0.2, 0) is 4.79 Å². The molecule has 1 aromatic heterocycles. The van der Waals surface area contributed by atoms with Gasteiger partial charge in [0, 0.05) is 35.4 Å². The van der Waals surface area contributed by atoms with Crippen molar-refractivity contribution < 1.29 is 9.59 Å². The van der Waals surface area contributed by atoms with Gasteiger partial charge in [-0.15, -0.1) is 0 Å². The first-order chi connectivity index (χ1) is 13.0. The molecule has 138 valence electrons. The highest BCUT2D eigenvalue weighted by Crippen LogP contribution is 2.23. The number of benzene rings is 2. The number of amides is 2. The van der Waals surface area contributed by atoms with Gasteiger partial charge in [-0.3, -0.25) is 9.59 Å². The number of hydrogen-bond acceptors (Lipinski definition) is 3. The fourth-order valence-corrected chi connectivity index (χ4v) is 3.53. The second-order valence-electron chi connectivity index (χ2n) is 7.00. The summed E-state index contributed by atoms with van der Waals surface area (Å²) in [5.41, 5.74) is 5.51. The first kappa shape index (κ1) is 17.1. The van der Waals surface area contributed by atoms with E-state index in [2.05, 4.69) is 21.7 Å². The van der Waals surface area contributed by atoms with E-state index in [0.717, 1.165) is 39.9 Å². The van der Waals surface area contributed by atoms with Crippen LogP contribution in [0.2, 0.25) is 0 Å². The van der Waals surface area contributed by atoms with E-state index >= 15 is 0 Å². The average molecular weight is 362 g/mol. The smallest absolute Gasteiger partial charge is 0.272 e. The average Bonchev–Trinajstić information content (AvgIpc) is 3.07. The Morgan fingerprint density at radius 3 is 2.63 bits per heavy atom. The molecular weight excluding hydrogens is 340 g/mol. The number of piperazine rings is 1. The predicted octanol–water partition coefficient (Wildman–Crippen LogP) is 2.97. The van der Waals surface area contributed by atoms with Gasteiger partial charge in [-0.2, -0.15) is 0 Å². The number of anilines is 2. The lowest BCUT2D eigenvalue weighted by Gasteiger charge is -2.28. The topological polar surface area (TPSA) is 77.2 Å². The van der Waals surface area contributed by atoms with Gasteiger partial charge in [0.05, 0.1) is 6.54 Å². The Hall–Kier alpha value is -3.28. The second kappa shape index (κ2) is 6.79.